The Kier molecular flexibility index (Phi) is 3.11. The van der Waals surface area contributed by atoms with Gasteiger partial charge in [0.25, 0.3) is 0 Å². The first-order valence-corrected chi connectivity index (χ1v) is 6.74. The third-order valence-electron chi connectivity index (χ3n) is 4.05. The lowest BCUT2D eigenvalue weighted by atomic mass is 9.74. The van der Waals surface area contributed by atoms with E-state index in [0.717, 1.165) is 18.4 Å². The molecule has 0 bridgehead atoms. The normalized spacial score (nSPS) is 18.6. The highest BCUT2D eigenvalue weighted by Gasteiger charge is 2.28. The summed E-state index contributed by atoms with van der Waals surface area (Å²) in [5, 5.41) is 0. The van der Waals surface area contributed by atoms with Crippen molar-refractivity contribution in [2.75, 3.05) is 0 Å². The van der Waals surface area contributed by atoms with Crippen molar-refractivity contribution in [2.24, 2.45) is 5.73 Å². The van der Waals surface area contributed by atoms with Crippen LogP contribution in [0.2, 0.25) is 0 Å². The molecule has 0 radical (unpaired) electrons. The van der Waals surface area contributed by atoms with Gasteiger partial charge in [0, 0.05) is 11.6 Å². The summed E-state index contributed by atoms with van der Waals surface area (Å²) in [4.78, 5) is 0. The lowest BCUT2D eigenvalue weighted by molar-refractivity contribution is 0.481. The minimum atomic E-state index is -0.224. The number of aryl methyl sites for hydroxylation is 1. The van der Waals surface area contributed by atoms with Crippen LogP contribution in [-0.2, 0) is 6.42 Å². The van der Waals surface area contributed by atoms with E-state index in [1.54, 1.807) is 6.07 Å². The monoisotopic (exact) mass is 255 g/mol. The molecular weight excluding hydrogens is 237 g/mol. The lowest BCUT2D eigenvalue weighted by Gasteiger charge is -2.32. The number of benzene rings is 2. The third-order valence-corrected chi connectivity index (χ3v) is 4.05. The quantitative estimate of drug-likeness (QED) is 0.885. The summed E-state index contributed by atoms with van der Waals surface area (Å²) in [6, 6.07) is 13.4. The Morgan fingerprint density at radius 1 is 1.26 bits per heavy atom. The van der Waals surface area contributed by atoms with Crippen molar-refractivity contribution in [3.05, 3.63) is 70.5 Å². The summed E-state index contributed by atoms with van der Waals surface area (Å²) in [5.74, 6) is 0.289. The van der Waals surface area contributed by atoms with Crippen molar-refractivity contribution in [2.45, 2.75) is 31.7 Å². The Labute approximate surface area is 113 Å². The second-order valence-electron chi connectivity index (χ2n) is 5.47. The molecule has 0 saturated carbocycles. The summed E-state index contributed by atoms with van der Waals surface area (Å²) in [6.07, 6.45) is 1.88. The van der Waals surface area contributed by atoms with Gasteiger partial charge in [0.2, 0.25) is 0 Å². The predicted molar refractivity (Wildman–Crippen MR) is 75.6 cm³/mol. The molecule has 0 spiro atoms. The molecule has 2 unspecified atom stereocenters. The molecule has 0 amide bonds. The second kappa shape index (κ2) is 4.78. The first kappa shape index (κ1) is 12.4. The Morgan fingerprint density at radius 3 is 2.84 bits per heavy atom. The van der Waals surface area contributed by atoms with Crippen LogP contribution in [0.3, 0.4) is 0 Å². The minimum absolute atomic E-state index is 0.189. The first-order chi connectivity index (χ1) is 9.15. The molecule has 0 saturated heterocycles. The number of rotatable bonds is 3. The minimum Gasteiger partial charge on any atom is -0.324 e. The van der Waals surface area contributed by atoms with Crippen molar-refractivity contribution in [1.29, 1.82) is 0 Å². The molecule has 2 aromatic carbocycles. The maximum absolute atomic E-state index is 13.8. The molecule has 0 fully saturated rings. The number of nitrogens with two attached hydrogens (primary N) is 1. The molecule has 19 heavy (non-hydrogen) atoms. The van der Waals surface area contributed by atoms with Gasteiger partial charge in [0.05, 0.1) is 0 Å². The number of fused-ring (bicyclic) bond motifs is 1. The molecule has 3 rings (SSSR count). The zero-order chi connectivity index (χ0) is 13.4. The highest BCUT2D eigenvalue weighted by Crippen LogP contribution is 2.40. The summed E-state index contributed by atoms with van der Waals surface area (Å²) < 4.78 is 13.8. The maximum atomic E-state index is 13.8. The zero-order valence-corrected chi connectivity index (χ0v) is 11.1. The van der Waals surface area contributed by atoms with Gasteiger partial charge in [-0.1, -0.05) is 42.0 Å². The van der Waals surface area contributed by atoms with Gasteiger partial charge in [-0.25, -0.2) is 4.39 Å². The highest BCUT2D eigenvalue weighted by atomic mass is 19.1. The fraction of sp³-hybridized carbons (Fsp3) is 0.294. The van der Waals surface area contributed by atoms with Crippen LogP contribution in [0, 0.1) is 12.7 Å². The average Bonchev–Trinajstić information content (AvgIpc) is 2.38. The third kappa shape index (κ3) is 2.28. The van der Waals surface area contributed by atoms with Gasteiger partial charge in [0.1, 0.15) is 5.82 Å². The van der Waals surface area contributed by atoms with Gasteiger partial charge in [-0.15, -0.1) is 0 Å². The van der Waals surface area contributed by atoms with Crippen LogP contribution in [0.4, 0.5) is 4.39 Å². The highest BCUT2D eigenvalue weighted by molar-refractivity contribution is 5.40. The lowest BCUT2D eigenvalue weighted by Crippen LogP contribution is -2.23. The van der Waals surface area contributed by atoms with E-state index in [0.29, 0.717) is 11.5 Å². The van der Waals surface area contributed by atoms with Crippen molar-refractivity contribution in [1.82, 2.24) is 0 Å². The van der Waals surface area contributed by atoms with Crippen LogP contribution in [0.15, 0.2) is 42.5 Å². The van der Waals surface area contributed by atoms with Crippen LogP contribution < -0.4 is 5.73 Å². The fourth-order valence-electron chi connectivity index (χ4n) is 2.95. The second-order valence-corrected chi connectivity index (χ2v) is 5.47. The van der Waals surface area contributed by atoms with E-state index < -0.39 is 0 Å². The molecule has 1 aliphatic rings. The molecule has 2 atom stereocenters. The molecule has 0 aromatic heterocycles. The van der Waals surface area contributed by atoms with E-state index >= 15 is 0 Å². The van der Waals surface area contributed by atoms with Crippen molar-refractivity contribution in [3.8, 4) is 0 Å². The van der Waals surface area contributed by atoms with E-state index in [-0.39, 0.29) is 11.9 Å². The van der Waals surface area contributed by atoms with Gasteiger partial charge in [-0.3, -0.25) is 0 Å². The Bertz CT molecular complexity index is 606. The van der Waals surface area contributed by atoms with Gasteiger partial charge in [-0.2, -0.15) is 0 Å². The molecular formula is C17H18FN. The van der Waals surface area contributed by atoms with E-state index in [1.807, 2.05) is 13.0 Å². The molecule has 2 N–H and O–H groups in total. The Hall–Kier alpha value is -1.67. The Balaban J connectivity index is 1.76. The standard InChI is InChI=1S/C17H18FN/c1-11-6-7-16(18)15(8-11)17(19)10-13-9-12-4-2-3-5-14(12)13/h2-8,13,17H,9-10,19H2,1H3. The zero-order valence-electron chi connectivity index (χ0n) is 11.1. The summed E-state index contributed by atoms with van der Waals surface area (Å²) in [6.45, 7) is 1.97. The van der Waals surface area contributed by atoms with E-state index in [4.69, 9.17) is 5.73 Å². The van der Waals surface area contributed by atoms with Crippen molar-refractivity contribution in [3.63, 3.8) is 0 Å². The molecule has 2 heteroatoms. The Morgan fingerprint density at radius 2 is 2.05 bits per heavy atom. The smallest absolute Gasteiger partial charge is 0.127 e. The van der Waals surface area contributed by atoms with Crippen LogP contribution in [0.5, 0.6) is 0 Å². The average molecular weight is 255 g/mol. The van der Waals surface area contributed by atoms with E-state index in [9.17, 15) is 4.39 Å². The summed E-state index contributed by atoms with van der Waals surface area (Å²) in [7, 11) is 0. The summed E-state index contributed by atoms with van der Waals surface area (Å²) >= 11 is 0. The van der Waals surface area contributed by atoms with Crippen LogP contribution >= 0.6 is 0 Å². The van der Waals surface area contributed by atoms with Crippen molar-refractivity contribution >= 4 is 0 Å². The summed E-state index contributed by atoms with van der Waals surface area (Å²) in [5.41, 5.74) is 10.7. The van der Waals surface area contributed by atoms with E-state index in [1.165, 1.54) is 17.2 Å². The molecule has 2 aromatic rings. The van der Waals surface area contributed by atoms with Crippen LogP contribution in [0.1, 0.15) is 40.6 Å². The van der Waals surface area contributed by atoms with Gasteiger partial charge < -0.3 is 5.73 Å². The van der Waals surface area contributed by atoms with Gasteiger partial charge in [0.15, 0.2) is 0 Å². The predicted octanol–water partition coefficient (Wildman–Crippen LogP) is 3.86. The SMILES string of the molecule is Cc1ccc(F)c(C(N)CC2Cc3ccccc32)c1. The van der Waals surface area contributed by atoms with E-state index in [2.05, 4.69) is 24.3 Å². The molecule has 98 valence electrons. The molecule has 0 heterocycles. The molecule has 1 aliphatic carbocycles. The number of hydrogen-bond donors (Lipinski definition) is 1. The van der Waals surface area contributed by atoms with Crippen LogP contribution in [-0.4, -0.2) is 0 Å². The van der Waals surface area contributed by atoms with Gasteiger partial charge in [-0.05, 0) is 42.9 Å². The van der Waals surface area contributed by atoms with Gasteiger partial charge >= 0.3 is 0 Å². The number of halogens is 1. The van der Waals surface area contributed by atoms with Crippen molar-refractivity contribution < 1.29 is 4.39 Å². The maximum Gasteiger partial charge on any atom is 0.127 e. The largest absolute Gasteiger partial charge is 0.324 e. The first-order valence-electron chi connectivity index (χ1n) is 6.74. The fourth-order valence-corrected chi connectivity index (χ4v) is 2.95. The topological polar surface area (TPSA) is 26.0 Å². The molecule has 0 aliphatic heterocycles. The molecule has 1 nitrogen and oxygen atoms in total. The van der Waals surface area contributed by atoms with Crippen LogP contribution in [0.25, 0.3) is 0 Å². The number of hydrogen-bond acceptors (Lipinski definition) is 1.